The fourth-order valence-electron chi connectivity index (χ4n) is 3.53. The van der Waals surface area contributed by atoms with Crippen molar-refractivity contribution in [3.05, 3.63) is 24.2 Å². The maximum atomic E-state index is 12.9. The molecule has 0 N–H and O–H groups in total. The molecule has 2 saturated heterocycles. The van der Waals surface area contributed by atoms with Crippen molar-refractivity contribution >= 4 is 15.7 Å². The Labute approximate surface area is 148 Å². The summed E-state index contributed by atoms with van der Waals surface area (Å²) in [6, 6.07) is 3.45. The van der Waals surface area contributed by atoms with Gasteiger partial charge in [-0.2, -0.15) is 0 Å². The van der Waals surface area contributed by atoms with Crippen LogP contribution in [0.5, 0.6) is 0 Å². The molecule has 25 heavy (non-hydrogen) atoms. The Morgan fingerprint density at radius 1 is 1.36 bits per heavy atom. The van der Waals surface area contributed by atoms with Crippen molar-refractivity contribution in [1.82, 2.24) is 9.80 Å². The van der Waals surface area contributed by atoms with E-state index in [1.807, 2.05) is 24.1 Å². The van der Waals surface area contributed by atoms with E-state index in [0.717, 1.165) is 18.6 Å². The van der Waals surface area contributed by atoms with Crippen molar-refractivity contribution in [1.29, 1.82) is 0 Å². The molecule has 2 atom stereocenters. The maximum absolute atomic E-state index is 12.9. The van der Waals surface area contributed by atoms with Crippen LogP contribution in [-0.2, 0) is 25.9 Å². The van der Waals surface area contributed by atoms with Crippen molar-refractivity contribution in [2.45, 2.75) is 38.0 Å². The zero-order valence-electron chi connectivity index (χ0n) is 14.6. The van der Waals surface area contributed by atoms with Gasteiger partial charge in [0.05, 0.1) is 37.0 Å². The first kappa shape index (κ1) is 18.4. The lowest BCUT2D eigenvalue weighted by molar-refractivity contribution is -0.135. The van der Waals surface area contributed by atoms with Gasteiger partial charge in [-0.05, 0) is 38.4 Å². The fourth-order valence-corrected chi connectivity index (χ4v) is 5.26. The Morgan fingerprint density at radius 3 is 2.80 bits per heavy atom. The number of hydrogen-bond acceptors (Lipinski definition) is 6. The third-order valence-corrected chi connectivity index (χ3v) is 6.56. The lowest BCUT2D eigenvalue weighted by Crippen LogP contribution is -2.48. The summed E-state index contributed by atoms with van der Waals surface area (Å²) in [4.78, 5) is 16.5. The molecule has 0 radical (unpaired) electrons. The van der Waals surface area contributed by atoms with Crippen LogP contribution in [0.25, 0.3) is 0 Å². The summed E-state index contributed by atoms with van der Waals surface area (Å²) in [5, 5.41) is 0. The smallest absolute Gasteiger partial charge is 0.237 e. The van der Waals surface area contributed by atoms with E-state index in [1.54, 1.807) is 11.2 Å². The van der Waals surface area contributed by atoms with Gasteiger partial charge in [0.25, 0.3) is 0 Å². The van der Waals surface area contributed by atoms with E-state index in [1.165, 1.54) is 0 Å². The van der Waals surface area contributed by atoms with Crippen LogP contribution in [0.3, 0.4) is 0 Å². The first-order chi connectivity index (χ1) is 11.9. The molecule has 1 amide bonds. The third-order valence-electron chi connectivity index (χ3n) is 4.80. The third kappa shape index (κ3) is 5.05. The first-order valence-electron chi connectivity index (χ1n) is 8.75. The zero-order chi connectivity index (χ0) is 17.9. The van der Waals surface area contributed by atoms with Gasteiger partial charge in [0, 0.05) is 19.2 Å². The molecule has 0 spiro atoms. The molecule has 3 heterocycles. The number of carbonyl (C=O) groups excluding carboxylic acids is 1. The van der Waals surface area contributed by atoms with Gasteiger partial charge < -0.3 is 14.1 Å². The molecular formula is C17H26N2O5S. The minimum Gasteiger partial charge on any atom is -0.468 e. The number of sulfone groups is 1. The van der Waals surface area contributed by atoms with Gasteiger partial charge in [0.15, 0.2) is 9.84 Å². The molecule has 0 aliphatic carbocycles. The van der Waals surface area contributed by atoms with Crippen molar-refractivity contribution in [3.8, 4) is 0 Å². The topological polar surface area (TPSA) is 80.1 Å². The standard InChI is InChI=1S/C17H26N2O5S/c1-18(10-15-4-2-7-23-15)12-17(20)19(11-16-5-3-8-24-16)14-6-9-25(21,22)13-14/h2,4,7,14,16H,3,5-6,8-13H2,1H3. The van der Waals surface area contributed by atoms with Crippen LogP contribution in [0.2, 0.25) is 0 Å². The molecule has 2 unspecified atom stereocenters. The average Bonchev–Trinajstić information content (AvgIpc) is 3.26. The molecule has 3 rings (SSSR count). The molecule has 2 fully saturated rings. The van der Waals surface area contributed by atoms with Gasteiger partial charge in [-0.15, -0.1) is 0 Å². The summed E-state index contributed by atoms with van der Waals surface area (Å²) < 4.78 is 34.7. The quantitative estimate of drug-likeness (QED) is 0.710. The Balaban J connectivity index is 1.63. The van der Waals surface area contributed by atoms with Crippen molar-refractivity contribution in [3.63, 3.8) is 0 Å². The SMILES string of the molecule is CN(CC(=O)N(CC1CCCO1)C1CCS(=O)(=O)C1)Cc1ccco1. The monoisotopic (exact) mass is 370 g/mol. The lowest BCUT2D eigenvalue weighted by atomic mass is 10.1. The molecule has 1 aromatic rings. The van der Waals surface area contributed by atoms with E-state index in [-0.39, 0.29) is 36.1 Å². The molecule has 7 nitrogen and oxygen atoms in total. The summed E-state index contributed by atoms with van der Waals surface area (Å²) in [6.07, 6.45) is 4.06. The predicted molar refractivity (Wildman–Crippen MR) is 92.8 cm³/mol. The van der Waals surface area contributed by atoms with Crippen molar-refractivity contribution < 1.29 is 22.4 Å². The molecule has 1 aromatic heterocycles. The highest BCUT2D eigenvalue weighted by Gasteiger charge is 2.36. The van der Waals surface area contributed by atoms with E-state index in [0.29, 0.717) is 26.1 Å². The van der Waals surface area contributed by atoms with Gasteiger partial charge in [-0.1, -0.05) is 0 Å². The number of hydrogen-bond donors (Lipinski definition) is 0. The van der Waals surface area contributed by atoms with Crippen LogP contribution in [0.4, 0.5) is 0 Å². The molecule has 0 aromatic carbocycles. The van der Waals surface area contributed by atoms with Gasteiger partial charge in [-0.3, -0.25) is 9.69 Å². The number of rotatable bonds is 7. The summed E-state index contributed by atoms with van der Waals surface area (Å²) in [7, 11) is -1.18. The summed E-state index contributed by atoms with van der Waals surface area (Å²) in [5.41, 5.74) is 0. The first-order valence-corrected chi connectivity index (χ1v) is 10.6. The summed E-state index contributed by atoms with van der Waals surface area (Å²) in [6.45, 7) is 1.96. The number of ether oxygens (including phenoxy) is 1. The van der Waals surface area contributed by atoms with Crippen LogP contribution in [0.15, 0.2) is 22.8 Å². The number of likely N-dealkylation sites (N-methyl/N-ethyl adjacent to an activating group) is 1. The number of amides is 1. The molecule has 2 aliphatic heterocycles. The fraction of sp³-hybridized carbons (Fsp3) is 0.706. The minimum absolute atomic E-state index is 0.0163. The molecular weight excluding hydrogens is 344 g/mol. The van der Waals surface area contributed by atoms with Crippen molar-refractivity contribution in [2.24, 2.45) is 0 Å². The van der Waals surface area contributed by atoms with Gasteiger partial charge in [-0.25, -0.2) is 8.42 Å². The molecule has 0 bridgehead atoms. The Hall–Kier alpha value is -1.38. The molecule has 8 heteroatoms. The van der Waals surface area contributed by atoms with Crippen LogP contribution < -0.4 is 0 Å². The number of carbonyl (C=O) groups is 1. The van der Waals surface area contributed by atoms with Crippen LogP contribution in [0.1, 0.15) is 25.0 Å². The van der Waals surface area contributed by atoms with Crippen LogP contribution in [0, 0.1) is 0 Å². The summed E-state index contributed by atoms with van der Waals surface area (Å²) >= 11 is 0. The Bertz CT molecular complexity index is 667. The largest absolute Gasteiger partial charge is 0.468 e. The summed E-state index contributed by atoms with van der Waals surface area (Å²) in [5.74, 6) is 0.971. The second kappa shape index (κ2) is 7.88. The predicted octanol–water partition coefficient (Wildman–Crippen LogP) is 0.906. The maximum Gasteiger partial charge on any atom is 0.237 e. The zero-order valence-corrected chi connectivity index (χ0v) is 15.4. The van der Waals surface area contributed by atoms with Gasteiger partial charge in [0.1, 0.15) is 5.76 Å². The number of nitrogens with zero attached hydrogens (tertiary/aromatic N) is 2. The normalized spacial score (nSPS) is 25.5. The van der Waals surface area contributed by atoms with Crippen LogP contribution >= 0.6 is 0 Å². The average molecular weight is 370 g/mol. The number of furan rings is 1. The van der Waals surface area contributed by atoms with Gasteiger partial charge >= 0.3 is 0 Å². The second-order valence-electron chi connectivity index (χ2n) is 6.99. The van der Waals surface area contributed by atoms with Crippen molar-refractivity contribution in [2.75, 3.05) is 38.2 Å². The molecule has 0 saturated carbocycles. The van der Waals surface area contributed by atoms with E-state index >= 15 is 0 Å². The molecule has 2 aliphatic rings. The van der Waals surface area contributed by atoms with E-state index in [4.69, 9.17) is 9.15 Å². The second-order valence-corrected chi connectivity index (χ2v) is 9.22. The van der Waals surface area contributed by atoms with Gasteiger partial charge in [0.2, 0.25) is 5.91 Å². The minimum atomic E-state index is -3.04. The highest BCUT2D eigenvalue weighted by Crippen LogP contribution is 2.22. The highest BCUT2D eigenvalue weighted by molar-refractivity contribution is 7.91. The lowest BCUT2D eigenvalue weighted by Gasteiger charge is -2.32. The Kier molecular flexibility index (Phi) is 5.81. The van der Waals surface area contributed by atoms with E-state index < -0.39 is 9.84 Å². The highest BCUT2D eigenvalue weighted by atomic mass is 32.2. The Morgan fingerprint density at radius 2 is 2.20 bits per heavy atom. The van der Waals surface area contributed by atoms with E-state index in [2.05, 4.69) is 0 Å². The van der Waals surface area contributed by atoms with E-state index in [9.17, 15) is 13.2 Å². The molecule has 140 valence electrons. The van der Waals surface area contributed by atoms with Crippen LogP contribution in [-0.4, -0.2) is 74.5 Å².